The summed E-state index contributed by atoms with van der Waals surface area (Å²) in [4.78, 5) is 15.5. The van der Waals surface area contributed by atoms with Gasteiger partial charge in [-0.25, -0.2) is 8.42 Å². The van der Waals surface area contributed by atoms with Crippen molar-refractivity contribution in [3.8, 4) is 5.75 Å². The fourth-order valence-corrected chi connectivity index (χ4v) is 1.83. The van der Waals surface area contributed by atoms with Crippen molar-refractivity contribution in [2.24, 2.45) is 0 Å². The number of ether oxygens (including phenoxy) is 1. The van der Waals surface area contributed by atoms with Gasteiger partial charge in [0.25, 0.3) is 0 Å². The van der Waals surface area contributed by atoms with E-state index in [1.165, 1.54) is 18.5 Å². The lowest BCUT2D eigenvalue weighted by molar-refractivity contribution is 0.102. The van der Waals surface area contributed by atoms with E-state index in [2.05, 4.69) is 4.98 Å². The predicted molar refractivity (Wildman–Crippen MR) is 64.1 cm³/mol. The standard InChI is InChI=1S/C11H15NO4S/c1-3-4-16-10-5-9(6-12-7-10)11(13)8-17(2,14)15/h5-7H,3-4,8H2,1-2H3. The molecule has 0 atom stereocenters. The highest BCUT2D eigenvalue weighted by atomic mass is 32.2. The first-order chi connectivity index (χ1) is 7.92. The molecule has 0 radical (unpaired) electrons. The Morgan fingerprint density at radius 3 is 2.71 bits per heavy atom. The Morgan fingerprint density at radius 2 is 2.12 bits per heavy atom. The molecular weight excluding hydrogens is 242 g/mol. The van der Waals surface area contributed by atoms with Crippen molar-refractivity contribution in [2.45, 2.75) is 13.3 Å². The lowest BCUT2D eigenvalue weighted by atomic mass is 10.2. The molecule has 0 aliphatic heterocycles. The molecule has 0 spiro atoms. The Bertz CT molecular complexity index is 496. The zero-order valence-corrected chi connectivity index (χ0v) is 10.7. The minimum absolute atomic E-state index is 0.254. The number of carbonyl (C=O) groups is 1. The first kappa shape index (κ1) is 13.6. The molecule has 0 amide bonds. The zero-order valence-electron chi connectivity index (χ0n) is 9.84. The van der Waals surface area contributed by atoms with Crippen LogP contribution >= 0.6 is 0 Å². The summed E-state index contributed by atoms with van der Waals surface area (Å²) in [5, 5.41) is 0. The van der Waals surface area contributed by atoms with Gasteiger partial charge in [0, 0.05) is 18.0 Å². The van der Waals surface area contributed by atoms with E-state index in [4.69, 9.17) is 4.74 Å². The van der Waals surface area contributed by atoms with Gasteiger partial charge < -0.3 is 4.74 Å². The maximum absolute atomic E-state index is 11.6. The summed E-state index contributed by atoms with van der Waals surface area (Å²) in [7, 11) is -3.32. The van der Waals surface area contributed by atoms with Crippen molar-refractivity contribution in [3.63, 3.8) is 0 Å². The van der Waals surface area contributed by atoms with Crippen LogP contribution in [0.4, 0.5) is 0 Å². The molecule has 1 aromatic rings. The van der Waals surface area contributed by atoms with E-state index >= 15 is 0 Å². The second kappa shape index (κ2) is 5.77. The molecular formula is C11H15NO4S. The lowest BCUT2D eigenvalue weighted by Crippen LogP contribution is -2.14. The van der Waals surface area contributed by atoms with Crippen LogP contribution in [0.3, 0.4) is 0 Å². The number of hydrogen-bond donors (Lipinski definition) is 0. The maximum atomic E-state index is 11.6. The van der Waals surface area contributed by atoms with Gasteiger partial charge in [0.2, 0.25) is 0 Å². The molecule has 0 N–H and O–H groups in total. The van der Waals surface area contributed by atoms with E-state index in [0.717, 1.165) is 12.7 Å². The second-order valence-corrected chi connectivity index (χ2v) is 5.89. The third kappa shape index (κ3) is 4.95. The van der Waals surface area contributed by atoms with Crippen LogP contribution in [0.1, 0.15) is 23.7 Å². The number of sulfone groups is 1. The van der Waals surface area contributed by atoms with Gasteiger partial charge in [-0.3, -0.25) is 9.78 Å². The Kier molecular flexibility index (Phi) is 4.62. The monoisotopic (exact) mass is 257 g/mol. The average molecular weight is 257 g/mol. The lowest BCUT2D eigenvalue weighted by Gasteiger charge is -2.05. The van der Waals surface area contributed by atoms with Crippen LogP contribution in [0.2, 0.25) is 0 Å². The van der Waals surface area contributed by atoms with Crippen molar-refractivity contribution >= 4 is 15.6 Å². The van der Waals surface area contributed by atoms with E-state index in [0.29, 0.717) is 12.4 Å². The van der Waals surface area contributed by atoms with Gasteiger partial charge in [0.1, 0.15) is 11.5 Å². The number of hydrogen-bond acceptors (Lipinski definition) is 5. The molecule has 0 aromatic carbocycles. The summed E-state index contributed by atoms with van der Waals surface area (Å²) >= 11 is 0. The predicted octanol–water partition coefficient (Wildman–Crippen LogP) is 1.10. The summed E-state index contributed by atoms with van der Waals surface area (Å²) in [5.41, 5.74) is 0.254. The third-order valence-corrected chi connectivity index (χ3v) is 2.69. The Balaban J connectivity index is 2.80. The molecule has 1 aromatic heterocycles. The van der Waals surface area contributed by atoms with Crippen LogP contribution in [0.5, 0.6) is 5.75 Å². The largest absolute Gasteiger partial charge is 0.492 e. The van der Waals surface area contributed by atoms with Crippen molar-refractivity contribution < 1.29 is 17.9 Å². The maximum Gasteiger partial charge on any atom is 0.179 e. The summed E-state index contributed by atoms with van der Waals surface area (Å²) < 4.78 is 27.3. The highest BCUT2D eigenvalue weighted by Crippen LogP contribution is 2.12. The Hall–Kier alpha value is -1.43. The van der Waals surface area contributed by atoms with Gasteiger partial charge >= 0.3 is 0 Å². The van der Waals surface area contributed by atoms with Crippen LogP contribution in [-0.4, -0.2) is 37.8 Å². The molecule has 0 aliphatic carbocycles. The van der Waals surface area contributed by atoms with Crippen LogP contribution in [0, 0.1) is 0 Å². The Labute approximate surface area is 101 Å². The van der Waals surface area contributed by atoms with Crippen LogP contribution in [0.15, 0.2) is 18.5 Å². The number of carbonyl (C=O) groups excluding carboxylic acids is 1. The number of pyridine rings is 1. The van der Waals surface area contributed by atoms with E-state index in [1.54, 1.807) is 0 Å². The highest BCUT2D eigenvalue weighted by molar-refractivity contribution is 7.91. The number of Topliss-reactive ketones (excluding diaryl/α,β-unsaturated/α-hetero) is 1. The molecule has 0 aliphatic rings. The first-order valence-corrected chi connectivity index (χ1v) is 7.27. The van der Waals surface area contributed by atoms with Gasteiger partial charge in [-0.15, -0.1) is 0 Å². The molecule has 6 heteroatoms. The molecule has 5 nitrogen and oxygen atoms in total. The number of ketones is 1. The normalized spacial score (nSPS) is 11.2. The van der Waals surface area contributed by atoms with Crippen molar-refractivity contribution in [1.82, 2.24) is 4.98 Å². The van der Waals surface area contributed by atoms with Gasteiger partial charge in [-0.05, 0) is 12.5 Å². The van der Waals surface area contributed by atoms with Crippen molar-refractivity contribution in [1.29, 1.82) is 0 Å². The van der Waals surface area contributed by atoms with E-state index in [-0.39, 0.29) is 5.56 Å². The smallest absolute Gasteiger partial charge is 0.179 e. The third-order valence-electron chi connectivity index (χ3n) is 1.90. The molecule has 0 saturated carbocycles. The second-order valence-electron chi connectivity index (χ2n) is 3.75. The summed E-state index contributed by atoms with van der Waals surface area (Å²) in [6.07, 6.45) is 4.70. The fourth-order valence-electron chi connectivity index (χ4n) is 1.19. The topological polar surface area (TPSA) is 73.3 Å². The van der Waals surface area contributed by atoms with Gasteiger partial charge in [0.15, 0.2) is 15.6 Å². The molecule has 0 unspecified atom stereocenters. The zero-order chi connectivity index (χ0) is 12.9. The number of nitrogens with zero attached hydrogens (tertiary/aromatic N) is 1. The summed E-state index contributed by atoms with van der Waals surface area (Å²) in [6.45, 7) is 2.50. The molecule has 17 heavy (non-hydrogen) atoms. The van der Waals surface area contributed by atoms with Gasteiger partial charge in [-0.1, -0.05) is 6.92 Å². The minimum Gasteiger partial charge on any atom is -0.492 e. The van der Waals surface area contributed by atoms with Crippen molar-refractivity contribution in [2.75, 3.05) is 18.6 Å². The van der Waals surface area contributed by atoms with Crippen LogP contribution in [0.25, 0.3) is 0 Å². The SMILES string of the molecule is CCCOc1cncc(C(=O)CS(C)(=O)=O)c1. The first-order valence-electron chi connectivity index (χ1n) is 5.21. The molecule has 0 saturated heterocycles. The average Bonchev–Trinajstić information content (AvgIpc) is 2.24. The molecule has 0 bridgehead atoms. The molecule has 1 heterocycles. The number of rotatable bonds is 6. The van der Waals surface area contributed by atoms with Gasteiger partial charge in [-0.2, -0.15) is 0 Å². The van der Waals surface area contributed by atoms with Crippen LogP contribution in [-0.2, 0) is 9.84 Å². The van der Waals surface area contributed by atoms with E-state index in [9.17, 15) is 13.2 Å². The quantitative estimate of drug-likeness (QED) is 0.713. The fraction of sp³-hybridized carbons (Fsp3) is 0.455. The molecule has 1 rings (SSSR count). The summed E-state index contributed by atoms with van der Waals surface area (Å²) in [6, 6.07) is 1.51. The Morgan fingerprint density at radius 1 is 1.41 bits per heavy atom. The van der Waals surface area contributed by atoms with Gasteiger partial charge in [0.05, 0.1) is 12.8 Å². The van der Waals surface area contributed by atoms with Crippen molar-refractivity contribution in [3.05, 3.63) is 24.0 Å². The highest BCUT2D eigenvalue weighted by Gasteiger charge is 2.14. The number of aromatic nitrogens is 1. The van der Waals surface area contributed by atoms with E-state index < -0.39 is 21.4 Å². The molecule has 0 fully saturated rings. The minimum atomic E-state index is -3.32. The summed E-state index contributed by atoms with van der Waals surface area (Å²) in [5.74, 6) is -0.500. The molecule has 94 valence electrons. The van der Waals surface area contributed by atoms with Crippen LogP contribution < -0.4 is 4.74 Å². The van der Waals surface area contributed by atoms with E-state index in [1.807, 2.05) is 6.92 Å².